The molecule has 5 nitrogen and oxygen atoms in total. The van der Waals surface area contributed by atoms with Crippen LogP contribution in [-0.2, 0) is 4.79 Å². The molecule has 0 aromatic heterocycles. The molecule has 0 aliphatic rings. The van der Waals surface area contributed by atoms with Crippen molar-refractivity contribution >= 4 is 5.91 Å². The second-order valence-corrected chi connectivity index (χ2v) is 3.96. The van der Waals surface area contributed by atoms with Crippen molar-refractivity contribution in [1.29, 1.82) is 0 Å². The molecule has 0 bridgehead atoms. The van der Waals surface area contributed by atoms with Gasteiger partial charge in [0.05, 0.1) is 13.7 Å². The topological polar surface area (TPSA) is 73.6 Å². The third-order valence-corrected chi connectivity index (χ3v) is 2.46. The fraction of sp³-hybridized carbons (Fsp3) is 0.357. The molecule has 19 heavy (non-hydrogen) atoms. The number of nitrogens with one attached hydrogen (secondary N) is 1. The van der Waals surface area contributed by atoms with E-state index in [9.17, 15) is 4.79 Å². The van der Waals surface area contributed by atoms with Crippen molar-refractivity contribution in [3.05, 3.63) is 23.8 Å². The summed E-state index contributed by atoms with van der Waals surface area (Å²) >= 11 is 0. The van der Waals surface area contributed by atoms with Gasteiger partial charge in [0.2, 0.25) is 0 Å². The highest BCUT2D eigenvalue weighted by Gasteiger charge is 2.11. The van der Waals surface area contributed by atoms with Gasteiger partial charge in [0.15, 0.2) is 6.61 Å². The van der Waals surface area contributed by atoms with Crippen LogP contribution in [0.15, 0.2) is 18.2 Å². The fourth-order valence-electron chi connectivity index (χ4n) is 1.49. The number of carbonyl (C=O) groups is 1. The molecule has 1 atom stereocenters. The normalized spacial score (nSPS) is 11.3. The number of carbonyl (C=O) groups excluding carboxylic acids is 1. The van der Waals surface area contributed by atoms with Crippen LogP contribution in [0.4, 0.5) is 0 Å². The quantitative estimate of drug-likeness (QED) is 0.745. The van der Waals surface area contributed by atoms with E-state index in [-0.39, 0.29) is 25.1 Å². The summed E-state index contributed by atoms with van der Waals surface area (Å²) in [5.41, 5.74) is 6.66. The fourth-order valence-corrected chi connectivity index (χ4v) is 1.49. The summed E-state index contributed by atoms with van der Waals surface area (Å²) in [7, 11) is 1.56. The summed E-state index contributed by atoms with van der Waals surface area (Å²) in [6, 6.07) is 5.12. The van der Waals surface area contributed by atoms with Crippen molar-refractivity contribution in [2.45, 2.75) is 13.0 Å². The third-order valence-electron chi connectivity index (χ3n) is 2.46. The standard InChI is InChI=1S/C14H18N2O3/c1-4-7-16-14(17)9-19-13-8-11(18-3)5-6-12(13)10(2)15/h1,5-6,8,10H,7,9,15H2,2-3H3,(H,16,17). The van der Waals surface area contributed by atoms with Gasteiger partial charge in [-0.3, -0.25) is 4.79 Å². The first-order chi connectivity index (χ1) is 9.08. The molecular formula is C14H18N2O3. The lowest BCUT2D eigenvalue weighted by Gasteiger charge is -2.15. The number of benzene rings is 1. The zero-order chi connectivity index (χ0) is 14.3. The highest BCUT2D eigenvalue weighted by Crippen LogP contribution is 2.28. The van der Waals surface area contributed by atoms with Crippen molar-refractivity contribution < 1.29 is 14.3 Å². The minimum atomic E-state index is -0.281. The van der Waals surface area contributed by atoms with Crippen LogP contribution in [0.3, 0.4) is 0 Å². The Labute approximate surface area is 113 Å². The molecule has 102 valence electrons. The van der Waals surface area contributed by atoms with Gasteiger partial charge in [0.25, 0.3) is 5.91 Å². The second kappa shape index (κ2) is 7.29. The van der Waals surface area contributed by atoms with Gasteiger partial charge in [-0.2, -0.15) is 0 Å². The number of nitrogens with two attached hydrogens (primary N) is 1. The zero-order valence-corrected chi connectivity index (χ0v) is 11.1. The van der Waals surface area contributed by atoms with Gasteiger partial charge >= 0.3 is 0 Å². The van der Waals surface area contributed by atoms with Gasteiger partial charge in [0.1, 0.15) is 11.5 Å². The Balaban J connectivity index is 2.75. The summed E-state index contributed by atoms with van der Waals surface area (Å²) < 4.78 is 10.6. The van der Waals surface area contributed by atoms with Crippen molar-refractivity contribution in [3.63, 3.8) is 0 Å². The second-order valence-electron chi connectivity index (χ2n) is 3.96. The van der Waals surface area contributed by atoms with Gasteiger partial charge in [-0.1, -0.05) is 12.0 Å². The van der Waals surface area contributed by atoms with E-state index in [1.165, 1.54) is 0 Å². The molecule has 1 rings (SSSR count). The smallest absolute Gasteiger partial charge is 0.258 e. The summed E-state index contributed by atoms with van der Waals surface area (Å²) in [4.78, 5) is 11.4. The summed E-state index contributed by atoms with van der Waals surface area (Å²) in [6.45, 7) is 1.90. The maximum Gasteiger partial charge on any atom is 0.258 e. The van der Waals surface area contributed by atoms with Crippen molar-refractivity contribution in [2.75, 3.05) is 20.3 Å². The third kappa shape index (κ3) is 4.53. The number of amides is 1. The number of hydrogen-bond acceptors (Lipinski definition) is 4. The molecule has 0 saturated heterocycles. The van der Waals surface area contributed by atoms with Crippen LogP contribution in [0, 0.1) is 12.3 Å². The lowest BCUT2D eigenvalue weighted by molar-refractivity contribution is -0.122. The Morgan fingerprint density at radius 2 is 2.32 bits per heavy atom. The molecule has 0 spiro atoms. The largest absolute Gasteiger partial charge is 0.497 e. The number of methoxy groups -OCH3 is 1. The number of hydrogen-bond donors (Lipinski definition) is 2. The van der Waals surface area contributed by atoms with Gasteiger partial charge < -0.3 is 20.5 Å². The summed E-state index contributed by atoms with van der Waals surface area (Å²) in [5, 5.41) is 2.52. The van der Waals surface area contributed by atoms with Crippen LogP contribution < -0.4 is 20.5 Å². The molecule has 0 heterocycles. The average Bonchev–Trinajstić information content (AvgIpc) is 2.42. The number of terminal acetylenes is 1. The van der Waals surface area contributed by atoms with Gasteiger partial charge in [-0.05, 0) is 13.0 Å². The van der Waals surface area contributed by atoms with Gasteiger partial charge in [-0.15, -0.1) is 6.42 Å². The predicted octanol–water partition coefficient (Wildman–Crippen LogP) is 0.843. The first kappa shape index (κ1) is 14.9. The average molecular weight is 262 g/mol. The number of ether oxygens (including phenoxy) is 2. The van der Waals surface area contributed by atoms with Crippen molar-refractivity contribution in [2.24, 2.45) is 5.73 Å². The molecular weight excluding hydrogens is 244 g/mol. The maximum atomic E-state index is 11.4. The zero-order valence-electron chi connectivity index (χ0n) is 11.1. The van der Waals surface area contributed by atoms with Crippen molar-refractivity contribution in [3.8, 4) is 23.8 Å². The Bertz CT molecular complexity index is 478. The van der Waals surface area contributed by atoms with Gasteiger partial charge in [0, 0.05) is 17.7 Å². The van der Waals surface area contributed by atoms with E-state index in [4.69, 9.17) is 21.6 Å². The SMILES string of the molecule is C#CCNC(=O)COc1cc(OC)ccc1C(C)N. The van der Waals surface area contributed by atoms with E-state index >= 15 is 0 Å². The Hall–Kier alpha value is -2.19. The molecule has 1 aromatic rings. The van der Waals surface area contributed by atoms with Crippen LogP contribution >= 0.6 is 0 Å². The van der Waals surface area contributed by atoms with Crippen LogP contribution in [0.25, 0.3) is 0 Å². The van der Waals surface area contributed by atoms with Crippen LogP contribution in [0.1, 0.15) is 18.5 Å². The molecule has 1 amide bonds. The Morgan fingerprint density at radius 1 is 1.58 bits per heavy atom. The highest BCUT2D eigenvalue weighted by molar-refractivity contribution is 5.77. The van der Waals surface area contributed by atoms with E-state index in [0.29, 0.717) is 11.5 Å². The van der Waals surface area contributed by atoms with E-state index < -0.39 is 0 Å². The molecule has 0 fully saturated rings. The molecule has 1 unspecified atom stereocenters. The predicted molar refractivity (Wildman–Crippen MR) is 72.9 cm³/mol. The molecule has 0 saturated carbocycles. The van der Waals surface area contributed by atoms with Crippen LogP contribution in [0.2, 0.25) is 0 Å². The van der Waals surface area contributed by atoms with E-state index in [0.717, 1.165) is 5.56 Å². The van der Waals surface area contributed by atoms with E-state index in [2.05, 4.69) is 11.2 Å². The monoisotopic (exact) mass is 262 g/mol. The van der Waals surface area contributed by atoms with Gasteiger partial charge in [-0.25, -0.2) is 0 Å². The van der Waals surface area contributed by atoms with Crippen LogP contribution in [-0.4, -0.2) is 26.2 Å². The molecule has 5 heteroatoms. The minimum Gasteiger partial charge on any atom is -0.497 e. The Morgan fingerprint density at radius 3 is 2.89 bits per heavy atom. The molecule has 3 N–H and O–H groups in total. The van der Waals surface area contributed by atoms with E-state index in [1.807, 2.05) is 13.0 Å². The van der Waals surface area contributed by atoms with E-state index in [1.54, 1.807) is 19.2 Å². The number of rotatable bonds is 6. The molecule has 0 aliphatic carbocycles. The summed E-state index contributed by atoms with van der Waals surface area (Å²) in [6.07, 6.45) is 5.05. The molecule has 0 radical (unpaired) electrons. The first-order valence-electron chi connectivity index (χ1n) is 5.85. The minimum absolute atomic E-state index is 0.117. The maximum absolute atomic E-state index is 11.4. The van der Waals surface area contributed by atoms with Crippen LogP contribution in [0.5, 0.6) is 11.5 Å². The first-order valence-corrected chi connectivity index (χ1v) is 5.85. The molecule has 1 aromatic carbocycles. The lowest BCUT2D eigenvalue weighted by atomic mass is 10.1. The highest BCUT2D eigenvalue weighted by atomic mass is 16.5. The van der Waals surface area contributed by atoms with Crippen molar-refractivity contribution in [1.82, 2.24) is 5.32 Å². The summed E-state index contributed by atoms with van der Waals surface area (Å²) in [5.74, 6) is 3.21. The lowest BCUT2D eigenvalue weighted by Crippen LogP contribution is -2.29. The molecule has 0 aliphatic heterocycles. The Kier molecular flexibility index (Phi) is 5.71.